The SMILES string of the molecule is CCCc1sc(NC(=O)c2cc3cccc(OC)c3o2)nc1-c1ccc(-c2ccccc2)cc1. The van der Waals surface area contributed by atoms with E-state index in [4.69, 9.17) is 14.1 Å². The lowest BCUT2D eigenvalue weighted by molar-refractivity contribution is 0.0998. The molecule has 1 amide bonds. The second-order valence-corrected chi connectivity index (χ2v) is 9.01. The van der Waals surface area contributed by atoms with Gasteiger partial charge in [0.2, 0.25) is 0 Å². The summed E-state index contributed by atoms with van der Waals surface area (Å²) in [5.41, 5.74) is 4.84. The second kappa shape index (κ2) is 9.53. The van der Waals surface area contributed by atoms with E-state index in [2.05, 4.69) is 48.6 Å². The van der Waals surface area contributed by atoms with Gasteiger partial charge < -0.3 is 9.15 Å². The molecular formula is C28H24N2O3S. The Bertz CT molecular complexity index is 1440. The molecule has 2 aromatic heterocycles. The number of hydrogen-bond donors (Lipinski definition) is 1. The summed E-state index contributed by atoms with van der Waals surface area (Å²) in [6, 6.07) is 26.0. The first-order valence-corrected chi connectivity index (χ1v) is 12.0. The van der Waals surface area contributed by atoms with Gasteiger partial charge in [-0.2, -0.15) is 0 Å². The maximum Gasteiger partial charge on any atom is 0.293 e. The van der Waals surface area contributed by atoms with E-state index in [1.807, 2.05) is 30.3 Å². The number of aromatic nitrogens is 1. The Kier molecular flexibility index (Phi) is 6.14. The van der Waals surface area contributed by atoms with Crippen LogP contribution in [0.2, 0.25) is 0 Å². The first-order valence-electron chi connectivity index (χ1n) is 11.2. The summed E-state index contributed by atoms with van der Waals surface area (Å²) in [6.07, 6.45) is 1.89. The van der Waals surface area contributed by atoms with E-state index in [1.54, 1.807) is 19.2 Å². The molecule has 0 fully saturated rings. The van der Waals surface area contributed by atoms with Crippen molar-refractivity contribution < 1.29 is 13.9 Å². The van der Waals surface area contributed by atoms with Gasteiger partial charge in [0.05, 0.1) is 12.8 Å². The molecule has 5 rings (SSSR count). The van der Waals surface area contributed by atoms with Crippen LogP contribution < -0.4 is 10.1 Å². The minimum absolute atomic E-state index is 0.223. The van der Waals surface area contributed by atoms with Crippen molar-refractivity contribution in [3.8, 4) is 28.1 Å². The summed E-state index contributed by atoms with van der Waals surface area (Å²) in [7, 11) is 1.58. The third-order valence-electron chi connectivity index (χ3n) is 5.61. The van der Waals surface area contributed by atoms with Gasteiger partial charge in [-0.1, -0.05) is 80.1 Å². The number of rotatable bonds is 7. The fourth-order valence-electron chi connectivity index (χ4n) is 3.95. The Morgan fingerprint density at radius 2 is 1.71 bits per heavy atom. The van der Waals surface area contributed by atoms with Crippen molar-refractivity contribution in [3.63, 3.8) is 0 Å². The molecule has 0 aliphatic rings. The number of methoxy groups -OCH3 is 1. The molecule has 0 unspecified atom stereocenters. The van der Waals surface area contributed by atoms with Gasteiger partial charge in [0.25, 0.3) is 5.91 Å². The summed E-state index contributed by atoms with van der Waals surface area (Å²) in [6.45, 7) is 2.14. The number of thiazole rings is 1. The molecule has 1 N–H and O–H groups in total. The highest BCUT2D eigenvalue weighted by Crippen LogP contribution is 2.34. The fraction of sp³-hybridized carbons (Fsp3) is 0.143. The molecule has 0 bridgehead atoms. The number of fused-ring (bicyclic) bond motifs is 1. The summed E-state index contributed by atoms with van der Waals surface area (Å²) >= 11 is 1.51. The van der Waals surface area contributed by atoms with E-state index in [9.17, 15) is 4.79 Å². The van der Waals surface area contributed by atoms with Gasteiger partial charge in [-0.15, -0.1) is 11.3 Å². The number of ether oxygens (including phenoxy) is 1. The molecule has 0 atom stereocenters. The van der Waals surface area contributed by atoms with E-state index < -0.39 is 0 Å². The van der Waals surface area contributed by atoms with Crippen LogP contribution in [0.15, 0.2) is 83.3 Å². The predicted octanol–water partition coefficient (Wildman–Crippen LogP) is 7.44. The van der Waals surface area contributed by atoms with Crippen molar-refractivity contribution in [1.29, 1.82) is 0 Å². The fourth-order valence-corrected chi connectivity index (χ4v) is 5.03. The van der Waals surface area contributed by atoms with Gasteiger partial charge >= 0.3 is 0 Å². The molecule has 2 heterocycles. The Morgan fingerprint density at radius 1 is 0.971 bits per heavy atom. The van der Waals surface area contributed by atoms with Crippen LogP contribution in [0, 0.1) is 0 Å². The zero-order valence-electron chi connectivity index (χ0n) is 19.0. The van der Waals surface area contributed by atoms with E-state index >= 15 is 0 Å². The quantitative estimate of drug-likeness (QED) is 0.270. The zero-order valence-corrected chi connectivity index (χ0v) is 19.8. The highest BCUT2D eigenvalue weighted by Gasteiger charge is 2.19. The maximum atomic E-state index is 12.9. The molecule has 5 nitrogen and oxygen atoms in total. The van der Waals surface area contributed by atoms with Gasteiger partial charge in [0, 0.05) is 15.8 Å². The van der Waals surface area contributed by atoms with Crippen molar-refractivity contribution in [3.05, 3.63) is 89.5 Å². The predicted molar refractivity (Wildman–Crippen MR) is 138 cm³/mol. The molecule has 0 aliphatic carbocycles. The van der Waals surface area contributed by atoms with Crippen molar-refractivity contribution >= 4 is 33.3 Å². The number of benzene rings is 3. The summed E-state index contributed by atoms with van der Waals surface area (Å²) in [5.74, 6) is 0.485. The number of aryl methyl sites for hydroxylation is 1. The van der Waals surface area contributed by atoms with Crippen LogP contribution in [0.25, 0.3) is 33.4 Å². The zero-order chi connectivity index (χ0) is 23.5. The van der Waals surface area contributed by atoms with Gasteiger partial charge in [-0.25, -0.2) is 4.98 Å². The van der Waals surface area contributed by atoms with Crippen LogP contribution >= 0.6 is 11.3 Å². The largest absolute Gasteiger partial charge is 0.493 e. The van der Waals surface area contributed by atoms with Crippen LogP contribution in [0.4, 0.5) is 5.13 Å². The van der Waals surface area contributed by atoms with Crippen LogP contribution in [-0.2, 0) is 6.42 Å². The third kappa shape index (κ3) is 4.32. The molecule has 34 heavy (non-hydrogen) atoms. The Balaban J connectivity index is 1.41. The lowest BCUT2D eigenvalue weighted by atomic mass is 10.0. The molecule has 6 heteroatoms. The van der Waals surface area contributed by atoms with Crippen molar-refractivity contribution in [2.45, 2.75) is 19.8 Å². The van der Waals surface area contributed by atoms with Crippen molar-refractivity contribution in [1.82, 2.24) is 4.98 Å². The molecular weight excluding hydrogens is 444 g/mol. The first-order chi connectivity index (χ1) is 16.7. The van der Waals surface area contributed by atoms with Crippen molar-refractivity contribution in [2.24, 2.45) is 0 Å². The molecule has 5 aromatic rings. The van der Waals surface area contributed by atoms with Gasteiger partial charge in [0.1, 0.15) is 0 Å². The summed E-state index contributed by atoms with van der Waals surface area (Å²) < 4.78 is 11.1. The number of furan rings is 1. The number of hydrogen-bond acceptors (Lipinski definition) is 5. The maximum absolute atomic E-state index is 12.9. The summed E-state index contributed by atoms with van der Waals surface area (Å²) in [5, 5.41) is 4.29. The average Bonchev–Trinajstić information content (AvgIpc) is 3.49. The van der Waals surface area contributed by atoms with Crippen LogP contribution in [0.5, 0.6) is 5.75 Å². The Hall–Kier alpha value is -3.90. The standard InChI is InChI=1S/C28H24N2O3S/c1-3-8-24-25(20-15-13-19(14-16-20)18-9-5-4-6-10-18)29-28(34-24)30-27(31)23-17-21-11-7-12-22(32-2)26(21)33-23/h4-7,9-17H,3,8H2,1-2H3,(H,29,30,31). The van der Waals surface area contributed by atoms with Gasteiger partial charge in [-0.3, -0.25) is 10.1 Å². The first kappa shape index (κ1) is 21.9. The highest BCUT2D eigenvalue weighted by molar-refractivity contribution is 7.16. The normalized spacial score (nSPS) is 11.0. The molecule has 170 valence electrons. The van der Waals surface area contributed by atoms with E-state index in [0.29, 0.717) is 16.5 Å². The van der Waals surface area contributed by atoms with E-state index in [0.717, 1.165) is 39.9 Å². The summed E-state index contributed by atoms with van der Waals surface area (Å²) in [4.78, 5) is 18.8. The number of carbonyl (C=O) groups excluding carboxylic acids is 1. The van der Waals surface area contributed by atoms with Crippen molar-refractivity contribution in [2.75, 3.05) is 12.4 Å². The Morgan fingerprint density at radius 3 is 2.44 bits per heavy atom. The topological polar surface area (TPSA) is 64.4 Å². The Labute approximate surface area is 202 Å². The second-order valence-electron chi connectivity index (χ2n) is 7.93. The number of carbonyl (C=O) groups is 1. The number of nitrogens with zero attached hydrogens (tertiary/aromatic N) is 1. The number of nitrogens with one attached hydrogen (secondary N) is 1. The smallest absolute Gasteiger partial charge is 0.293 e. The van der Waals surface area contributed by atoms with Crippen LogP contribution in [0.1, 0.15) is 28.8 Å². The minimum Gasteiger partial charge on any atom is -0.493 e. The molecule has 3 aromatic carbocycles. The monoisotopic (exact) mass is 468 g/mol. The number of para-hydroxylation sites is 1. The van der Waals surface area contributed by atoms with E-state index in [1.165, 1.54) is 16.9 Å². The molecule has 0 saturated carbocycles. The lowest BCUT2D eigenvalue weighted by Gasteiger charge is -2.04. The lowest BCUT2D eigenvalue weighted by Crippen LogP contribution is -2.10. The number of amides is 1. The van der Waals surface area contributed by atoms with Gasteiger partial charge in [0.15, 0.2) is 22.2 Å². The highest BCUT2D eigenvalue weighted by atomic mass is 32.1. The van der Waals surface area contributed by atoms with Gasteiger partial charge in [-0.05, 0) is 29.7 Å². The molecule has 0 aliphatic heterocycles. The molecule has 0 spiro atoms. The van der Waals surface area contributed by atoms with Crippen LogP contribution in [0.3, 0.4) is 0 Å². The van der Waals surface area contributed by atoms with E-state index in [-0.39, 0.29) is 11.7 Å². The molecule has 0 saturated heterocycles. The third-order valence-corrected chi connectivity index (χ3v) is 6.64. The average molecular weight is 469 g/mol. The number of anilines is 1. The van der Waals surface area contributed by atoms with Crippen LogP contribution in [-0.4, -0.2) is 18.0 Å². The molecule has 0 radical (unpaired) electrons. The minimum atomic E-state index is -0.332.